The quantitative estimate of drug-likeness (QED) is 0.860. The average molecular weight is 338 g/mol. The van der Waals surface area contributed by atoms with E-state index < -0.39 is 0 Å². The first-order chi connectivity index (χ1) is 12.2. The van der Waals surface area contributed by atoms with E-state index in [0.717, 1.165) is 22.4 Å². The van der Waals surface area contributed by atoms with Crippen LogP contribution in [-0.4, -0.2) is 38.0 Å². The first-order valence-corrected chi connectivity index (χ1v) is 7.98. The number of carbonyl (C=O) groups is 1. The topological polar surface area (TPSA) is 60.4 Å². The van der Waals surface area contributed by atoms with E-state index in [1.807, 2.05) is 36.4 Å². The van der Waals surface area contributed by atoms with Gasteiger partial charge in [0.1, 0.15) is 0 Å². The van der Waals surface area contributed by atoms with Gasteiger partial charge in [-0.3, -0.25) is 4.79 Å². The van der Waals surface area contributed by atoms with Crippen molar-refractivity contribution in [3.8, 4) is 17.2 Å². The first kappa shape index (κ1) is 15.5. The second-order valence-corrected chi connectivity index (χ2v) is 5.92. The van der Waals surface area contributed by atoms with Gasteiger partial charge in [0.2, 0.25) is 5.75 Å². The number of ether oxygens (including phenoxy) is 3. The summed E-state index contributed by atoms with van der Waals surface area (Å²) < 4.78 is 16.2. The van der Waals surface area contributed by atoms with Gasteiger partial charge in [0, 0.05) is 17.5 Å². The van der Waals surface area contributed by atoms with Crippen LogP contribution >= 0.6 is 0 Å². The predicted molar refractivity (Wildman–Crippen MR) is 92.6 cm³/mol. The number of carbonyl (C=O) groups excluding carboxylic acids is 1. The summed E-state index contributed by atoms with van der Waals surface area (Å²) >= 11 is 0. The molecule has 2 heterocycles. The molecule has 0 aliphatic carbocycles. The fourth-order valence-electron chi connectivity index (χ4n) is 3.47. The average Bonchev–Trinajstić information content (AvgIpc) is 3.20. The molecule has 0 unspecified atom stereocenters. The van der Waals surface area contributed by atoms with Gasteiger partial charge in [-0.1, -0.05) is 18.2 Å². The van der Waals surface area contributed by atoms with E-state index in [1.165, 1.54) is 0 Å². The smallest absolute Gasteiger partial charge is 0.274 e. The van der Waals surface area contributed by atoms with Crippen LogP contribution in [0.1, 0.15) is 33.9 Å². The van der Waals surface area contributed by atoms with Gasteiger partial charge in [0.25, 0.3) is 5.91 Å². The van der Waals surface area contributed by atoms with Crippen LogP contribution in [0.4, 0.5) is 0 Å². The highest BCUT2D eigenvalue weighted by molar-refractivity contribution is 6.08. The van der Waals surface area contributed by atoms with Crippen molar-refractivity contribution < 1.29 is 19.0 Å². The molecule has 25 heavy (non-hydrogen) atoms. The summed E-state index contributed by atoms with van der Waals surface area (Å²) in [7, 11) is 4.73. The minimum Gasteiger partial charge on any atom is -0.493 e. The van der Waals surface area contributed by atoms with Crippen molar-refractivity contribution >= 4 is 11.6 Å². The van der Waals surface area contributed by atoms with Crippen LogP contribution in [0.15, 0.2) is 41.5 Å². The maximum absolute atomic E-state index is 12.6. The molecule has 1 amide bonds. The van der Waals surface area contributed by atoms with Crippen LogP contribution in [0.25, 0.3) is 0 Å². The number of methoxy groups -OCH3 is 3. The highest BCUT2D eigenvalue weighted by Crippen LogP contribution is 2.43. The number of hydrazone groups is 1. The monoisotopic (exact) mass is 338 g/mol. The van der Waals surface area contributed by atoms with Crippen LogP contribution in [0.2, 0.25) is 0 Å². The Hall–Kier alpha value is -3.02. The number of benzene rings is 2. The molecule has 0 saturated heterocycles. The minimum absolute atomic E-state index is 0.0437. The number of amides is 1. The lowest BCUT2D eigenvalue weighted by atomic mass is 9.97. The lowest BCUT2D eigenvalue weighted by Gasteiger charge is -2.14. The Bertz CT molecular complexity index is 866. The highest BCUT2D eigenvalue weighted by Gasteiger charge is 2.41. The molecule has 0 N–H and O–H groups in total. The van der Waals surface area contributed by atoms with E-state index in [1.54, 1.807) is 26.3 Å². The third-order valence-electron chi connectivity index (χ3n) is 4.67. The zero-order valence-electron chi connectivity index (χ0n) is 14.3. The van der Waals surface area contributed by atoms with E-state index in [-0.39, 0.29) is 11.9 Å². The van der Waals surface area contributed by atoms with Gasteiger partial charge in [-0.15, -0.1) is 0 Å². The van der Waals surface area contributed by atoms with Gasteiger partial charge in [-0.05, 0) is 23.8 Å². The maximum Gasteiger partial charge on any atom is 0.274 e. The molecule has 0 aromatic heterocycles. The summed E-state index contributed by atoms with van der Waals surface area (Å²) in [6.45, 7) is 0. The molecule has 0 radical (unpaired) electrons. The molecule has 6 nitrogen and oxygen atoms in total. The van der Waals surface area contributed by atoms with Crippen molar-refractivity contribution in [2.75, 3.05) is 21.3 Å². The molecule has 6 heteroatoms. The van der Waals surface area contributed by atoms with Gasteiger partial charge in [-0.2, -0.15) is 5.10 Å². The molecule has 2 aromatic rings. The number of hydrogen-bond acceptors (Lipinski definition) is 5. The third kappa shape index (κ3) is 2.25. The Balaban J connectivity index is 1.74. The van der Waals surface area contributed by atoms with E-state index >= 15 is 0 Å². The van der Waals surface area contributed by atoms with Crippen LogP contribution in [0.3, 0.4) is 0 Å². The molecule has 0 fully saturated rings. The Morgan fingerprint density at radius 3 is 2.36 bits per heavy atom. The Morgan fingerprint density at radius 2 is 1.72 bits per heavy atom. The highest BCUT2D eigenvalue weighted by atomic mass is 16.5. The summed E-state index contributed by atoms with van der Waals surface area (Å²) in [5.41, 5.74) is 3.44. The fourth-order valence-corrected chi connectivity index (χ4v) is 3.47. The lowest BCUT2D eigenvalue weighted by Crippen LogP contribution is -2.17. The largest absolute Gasteiger partial charge is 0.493 e. The molecule has 128 valence electrons. The lowest BCUT2D eigenvalue weighted by molar-refractivity contribution is 0.0756. The van der Waals surface area contributed by atoms with Gasteiger partial charge < -0.3 is 14.2 Å². The fraction of sp³-hybridized carbons (Fsp3) is 0.263. The Morgan fingerprint density at radius 1 is 1.04 bits per heavy atom. The standard InChI is InChI=1S/C19H18N2O4/c1-23-16-8-11(9-17(24-2)18(16)25-3)14-10-15-12-6-4-5-7-13(12)19(22)21(15)20-14/h4-9,15H,10H2,1-3H3/t15-/m0/s1. The van der Waals surface area contributed by atoms with E-state index in [9.17, 15) is 4.79 Å². The number of hydrogen-bond donors (Lipinski definition) is 0. The third-order valence-corrected chi connectivity index (χ3v) is 4.67. The van der Waals surface area contributed by atoms with Crippen molar-refractivity contribution in [2.24, 2.45) is 5.10 Å². The maximum atomic E-state index is 12.6. The van der Waals surface area contributed by atoms with Crippen LogP contribution in [0.5, 0.6) is 17.2 Å². The van der Waals surface area contributed by atoms with Crippen molar-refractivity contribution in [1.82, 2.24) is 5.01 Å². The molecular formula is C19H18N2O4. The Kier molecular flexibility index (Phi) is 3.60. The van der Waals surface area contributed by atoms with Crippen molar-refractivity contribution in [3.05, 3.63) is 53.1 Å². The van der Waals surface area contributed by atoms with Crippen LogP contribution in [0, 0.1) is 0 Å². The summed E-state index contributed by atoms with van der Waals surface area (Å²) in [5.74, 6) is 1.62. The van der Waals surface area contributed by atoms with Gasteiger partial charge in [0.15, 0.2) is 11.5 Å². The summed E-state index contributed by atoms with van der Waals surface area (Å²) in [6.07, 6.45) is 0.654. The summed E-state index contributed by atoms with van der Waals surface area (Å²) in [5, 5.41) is 6.14. The van der Waals surface area contributed by atoms with Crippen molar-refractivity contribution in [3.63, 3.8) is 0 Å². The zero-order chi connectivity index (χ0) is 17.6. The summed E-state index contributed by atoms with van der Waals surface area (Å²) in [4.78, 5) is 12.6. The molecule has 2 aliphatic heterocycles. The molecular weight excluding hydrogens is 320 g/mol. The van der Waals surface area contributed by atoms with Crippen molar-refractivity contribution in [2.45, 2.75) is 12.5 Å². The number of fused-ring (bicyclic) bond motifs is 3. The molecule has 0 saturated carbocycles. The van der Waals surface area contributed by atoms with E-state index in [0.29, 0.717) is 23.7 Å². The summed E-state index contributed by atoms with van der Waals surface area (Å²) in [6, 6.07) is 11.3. The molecule has 2 aromatic carbocycles. The van der Waals surface area contributed by atoms with Crippen LogP contribution in [-0.2, 0) is 0 Å². The zero-order valence-corrected chi connectivity index (χ0v) is 14.3. The van der Waals surface area contributed by atoms with Crippen molar-refractivity contribution in [1.29, 1.82) is 0 Å². The first-order valence-electron chi connectivity index (χ1n) is 7.98. The number of rotatable bonds is 4. The van der Waals surface area contributed by atoms with E-state index in [2.05, 4.69) is 5.10 Å². The van der Waals surface area contributed by atoms with Crippen LogP contribution < -0.4 is 14.2 Å². The molecule has 1 atom stereocenters. The molecule has 4 rings (SSSR count). The predicted octanol–water partition coefficient (Wildman–Crippen LogP) is 3.02. The minimum atomic E-state index is -0.0527. The molecule has 0 spiro atoms. The normalized spacial score (nSPS) is 17.9. The van der Waals surface area contributed by atoms with E-state index in [4.69, 9.17) is 14.2 Å². The van der Waals surface area contributed by atoms with Gasteiger partial charge in [0.05, 0.1) is 33.1 Å². The van der Waals surface area contributed by atoms with Gasteiger partial charge in [-0.25, -0.2) is 5.01 Å². The second kappa shape index (κ2) is 5.81. The second-order valence-electron chi connectivity index (χ2n) is 5.92. The molecule has 0 bridgehead atoms. The number of nitrogens with zero attached hydrogens (tertiary/aromatic N) is 2. The Labute approximate surface area is 145 Å². The van der Waals surface area contributed by atoms with Gasteiger partial charge >= 0.3 is 0 Å². The SMILES string of the molecule is COc1cc(C2=NN3C(=O)c4ccccc4[C@@H]3C2)cc(OC)c1OC. The molecule has 2 aliphatic rings.